The number of esters is 2. The van der Waals surface area contributed by atoms with Gasteiger partial charge in [0.05, 0.1) is 37.3 Å². The van der Waals surface area contributed by atoms with Gasteiger partial charge in [-0.1, -0.05) is 6.07 Å². The summed E-state index contributed by atoms with van der Waals surface area (Å²) in [4.78, 5) is 25.6. The average Bonchev–Trinajstić information content (AvgIpc) is 2.74. The molecule has 30 heavy (non-hydrogen) atoms. The summed E-state index contributed by atoms with van der Waals surface area (Å²) < 4.78 is 11.8. The lowest BCUT2D eigenvalue weighted by atomic mass is 9.83. The maximum Gasteiger partial charge on any atom is 0.338 e. The fourth-order valence-electron chi connectivity index (χ4n) is 4.78. The van der Waals surface area contributed by atoms with Crippen LogP contribution in [0.3, 0.4) is 0 Å². The summed E-state index contributed by atoms with van der Waals surface area (Å²) in [5.74, 6) is -0.0566. The molecule has 4 N–H and O–H groups in total. The first-order chi connectivity index (χ1) is 14.2. The lowest BCUT2D eigenvalue weighted by Gasteiger charge is -2.35. The van der Waals surface area contributed by atoms with E-state index in [4.69, 9.17) is 9.47 Å². The molecule has 6 nitrogen and oxygen atoms in total. The van der Waals surface area contributed by atoms with Crippen molar-refractivity contribution in [1.82, 2.24) is 0 Å². The lowest BCUT2D eigenvalue weighted by molar-refractivity contribution is -0.666. The van der Waals surface area contributed by atoms with Gasteiger partial charge in [-0.3, -0.25) is 0 Å². The highest BCUT2D eigenvalue weighted by atomic mass is 16.6. The number of benzene rings is 1. The van der Waals surface area contributed by atoms with Crippen LogP contribution in [-0.2, 0) is 9.47 Å². The van der Waals surface area contributed by atoms with Gasteiger partial charge in [0.15, 0.2) is 0 Å². The quantitative estimate of drug-likeness (QED) is 0.686. The van der Waals surface area contributed by atoms with E-state index in [0.29, 0.717) is 23.0 Å². The molecule has 2 saturated heterocycles. The van der Waals surface area contributed by atoms with Crippen molar-refractivity contribution < 1.29 is 29.7 Å². The summed E-state index contributed by atoms with van der Waals surface area (Å²) >= 11 is 0. The van der Waals surface area contributed by atoms with E-state index in [0.717, 1.165) is 51.9 Å². The number of quaternary nitrogens is 2. The maximum atomic E-state index is 12.8. The fourth-order valence-corrected chi connectivity index (χ4v) is 4.78. The molecule has 0 spiro atoms. The predicted octanol–water partition coefficient (Wildman–Crippen LogP) is 1.50. The molecule has 166 valence electrons. The zero-order chi connectivity index (χ0) is 21.8. The molecule has 0 radical (unpaired) electrons. The maximum absolute atomic E-state index is 12.8. The van der Waals surface area contributed by atoms with Crippen LogP contribution in [0.15, 0.2) is 24.3 Å². The largest absolute Gasteiger partial charge is 0.456 e. The van der Waals surface area contributed by atoms with Crippen molar-refractivity contribution in [2.75, 3.05) is 26.2 Å². The fraction of sp³-hybridized carbons (Fsp3) is 0.667. The molecule has 0 atom stereocenters. The minimum atomic E-state index is -0.526. The van der Waals surface area contributed by atoms with Gasteiger partial charge in [-0.25, -0.2) is 9.59 Å². The Morgan fingerprint density at radius 3 is 1.50 bits per heavy atom. The lowest BCUT2D eigenvalue weighted by Crippen LogP contribution is -2.86. The van der Waals surface area contributed by atoms with Gasteiger partial charge in [0.25, 0.3) is 0 Å². The smallest absolute Gasteiger partial charge is 0.338 e. The number of hydrogen-bond acceptors (Lipinski definition) is 4. The molecule has 2 fully saturated rings. The van der Waals surface area contributed by atoms with Gasteiger partial charge in [0.1, 0.15) is 11.2 Å². The number of nitrogens with two attached hydrogens (primary N) is 2. The summed E-state index contributed by atoms with van der Waals surface area (Å²) in [6.07, 6.45) is 4.17. The second-order valence-electron chi connectivity index (χ2n) is 9.85. The molecule has 0 unspecified atom stereocenters. The number of carbonyl (C=O) groups excluding carboxylic acids is 2. The summed E-state index contributed by atoms with van der Waals surface area (Å²) in [5, 5.41) is 4.60. The Balaban J connectivity index is 1.65. The Labute approximate surface area is 180 Å². The van der Waals surface area contributed by atoms with E-state index in [1.54, 1.807) is 24.3 Å². The molecule has 2 aliphatic heterocycles. The number of ether oxygens (including phenoxy) is 2. The van der Waals surface area contributed by atoms with Crippen LogP contribution in [0.1, 0.15) is 74.1 Å². The van der Waals surface area contributed by atoms with Crippen molar-refractivity contribution in [3.05, 3.63) is 35.4 Å². The van der Waals surface area contributed by atoms with Crippen molar-refractivity contribution in [3.8, 4) is 0 Å². The van der Waals surface area contributed by atoms with Crippen LogP contribution in [0, 0.1) is 11.8 Å². The van der Waals surface area contributed by atoms with E-state index in [-0.39, 0.29) is 11.9 Å². The first-order valence-corrected chi connectivity index (χ1v) is 11.4. The molecule has 0 aliphatic carbocycles. The minimum Gasteiger partial charge on any atom is -0.456 e. The Bertz CT molecular complexity index is 688. The molecule has 0 aromatic heterocycles. The van der Waals surface area contributed by atoms with E-state index in [1.807, 2.05) is 27.7 Å². The van der Waals surface area contributed by atoms with Crippen LogP contribution in [0.25, 0.3) is 0 Å². The van der Waals surface area contributed by atoms with Crippen LogP contribution in [0.5, 0.6) is 0 Å². The highest BCUT2D eigenvalue weighted by molar-refractivity contribution is 5.95. The first-order valence-electron chi connectivity index (χ1n) is 11.4. The minimum absolute atomic E-state index is 0.355. The van der Waals surface area contributed by atoms with E-state index in [1.165, 1.54) is 0 Å². The molecule has 0 amide bonds. The third-order valence-corrected chi connectivity index (χ3v) is 6.89. The third-order valence-electron chi connectivity index (χ3n) is 6.89. The highest BCUT2D eigenvalue weighted by Gasteiger charge is 2.37. The molecular formula is C24H38N2O4+2. The van der Waals surface area contributed by atoms with Crippen molar-refractivity contribution in [3.63, 3.8) is 0 Å². The Hall–Kier alpha value is -1.92. The molecule has 1 aromatic rings. The van der Waals surface area contributed by atoms with Crippen molar-refractivity contribution in [2.24, 2.45) is 11.8 Å². The molecule has 2 aliphatic rings. The standard InChI is InChI=1S/C24H36N2O4/c1-23(2,19-8-12-25-13-9-19)29-21(27)17-6-5-7-18(16-17)22(28)30-24(3,4)20-10-14-26-15-11-20/h5-7,16,19-20,25-26H,8-15H2,1-4H3/p+2. The Morgan fingerprint density at radius 1 is 0.767 bits per heavy atom. The van der Waals surface area contributed by atoms with Gasteiger partial charge in [0.2, 0.25) is 0 Å². The van der Waals surface area contributed by atoms with Crippen molar-refractivity contribution in [1.29, 1.82) is 0 Å². The number of piperidine rings is 2. The Kier molecular flexibility index (Phi) is 7.19. The molecule has 0 saturated carbocycles. The summed E-state index contributed by atoms with van der Waals surface area (Å²) in [6.45, 7) is 12.2. The van der Waals surface area contributed by atoms with Crippen molar-refractivity contribution in [2.45, 2.75) is 64.6 Å². The first kappa shape index (κ1) is 22.8. The van der Waals surface area contributed by atoms with Gasteiger partial charge < -0.3 is 20.1 Å². The van der Waals surface area contributed by atoms with E-state index in [2.05, 4.69) is 10.6 Å². The second kappa shape index (κ2) is 9.48. The number of carbonyl (C=O) groups is 2. The summed E-state index contributed by atoms with van der Waals surface area (Å²) in [5.41, 5.74) is -0.265. The summed E-state index contributed by atoms with van der Waals surface area (Å²) in [6, 6.07) is 6.72. The normalized spacial score (nSPS) is 19.3. The van der Waals surface area contributed by atoms with E-state index in [9.17, 15) is 9.59 Å². The molecular weight excluding hydrogens is 380 g/mol. The van der Waals surface area contributed by atoms with Gasteiger partial charge in [-0.05, 0) is 45.9 Å². The number of rotatable bonds is 6. The molecule has 6 heteroatoms. The van der Waals surface area contributed by atoms with Gasteiger partial charge in [0, 0.05) is 37.5 Å². The predicted molar refractivity (Wildman–Crippen MR) is 114 cm³/mol. The molecule has 1 aromatic carbocycles. The van der Waals surface area contributed by atoms with Crippen LogP contribution in [0.4, 0.5) is 0 Å². The number of hydrogen-bond donors (Lipinski definition) is 2. The monoisotopic (exact) mass is 418 g/mol. The zero-order valence-corrected chi connectivity index (χ0v) is 18.9. The van der Waals surface area contributed by atoms with Crippen LogP contribution < -0.4 is 10.6 Å². The highest BCUT2D eigenvalue weighted by Crippen LogP contribution is 2.30. The molecule has 2 heterocycles. The van der Waals surface area contributed by atoms with Crippen LogP contribution >= 0.6 is 0 Å². The van der Waals surface area contributed by atoms with E-state index >= 15 is 0 Å². The van der Waals surface area contributed by atoms with Crippen LogP contribution in [-0.4, -0.2) is 49.3 Å². The van der Waals surface area contributed by atoms with Gasteiger partial charge >= 0.3 is 11.9 Å². The molecule has 0 bridgehead atoms. The van der Waals surface area contributed by atoms with E-state index < -0.39 is 11.2 Å². The second-order valence-corrected chi connectivity index (χ2v) is 9.85. The summed E-state index contributed by atoms with van der Waals surface area (Å²) in [7, 11) is 0. The van der Waals surface area contributed by atoms with Crippen LogP contribution in [0.2, 0.25) is 0 Å². The Morgan fingerprint density at radius 2 is 1.13 bits per heavy atom. The molecule has 3 rings (SSSR count). The van der Waals surface area contributed by atoms with Crippen molar-refractivity contribution >= 4 is 11.9 Å². The topological polar surface area (TPSA) is 85.8 Å². The zero-order valence-electron chi connectivity index (χ0n) is 18.9. The SMILES string of the molecule is CC(C)(OC(=O)c1cccc(C(=O)OC(C)(C)C2CC[NH2+]CC2)c1)C1CC[NH2+]CC1. The van der Waals surface area contributed by atoms with Gasteiger partial charge in [-0.2, -0.15) is 0 Å². The van der Waals surface area contributed by atoms with Gasteiger partial charge in [-0.15, -0.1) is 0 Å². The average molecular weight is 419 g/mol. The third kappa shape index (κ3) is 5.61.